The zero-order valence-corrected chi connectivity index (χ0v) is 57.4. The monoisotopic (exact) mass is 1470 g/mol. The summed E-state index contributed by atoms with van der Waals surface area (Å²) in [5.74, 6) is 6.30. The molecule has 8 aromatic rings. The second-order valence-corrected chi connectivity index (χ2v) is 35.5. The van der Waals surface area contributed by atoms with Gasteiger partial charge in [0.1, 0.15) is 10.1 Å². The largest absolute Gasteiger partial charge is 2.00 e. The Labute approximate surface area is 556 Å². The van der Waals surface area contributed by atoms with Crippen molar-refractivity contribution in [3.05, 3.63) is 253 Å². The maximum absolute atomic E-state index is 15.5. The van der Waals surface area contributed by atoms with Crippen LogP contribution >= 0.6 is 98.2 Å². The zero-order valence-electron chi connectivity index (χ0n) is 48.3. The molecular formula is C62H60B2Cl6CuF8N2O4P4. The molecule has 0 saturated carbocycles. The molecule has 0 aliphatic rings. The second-order valence-electron chi connectivity index (χ2n) is 20.0. The Kier molecular flexibility index (Phi) is 33.6. The number of benzene rings is 8. The first-order valence-corrected chi connectivity index (χ1v) is 35.6. The van der Waals surface area contributed by atoms with Crippen LogP contribution in [0.1, 0.15) is 41.5 Å². The summed E-state index contributed by atoms with van der Waals surface area (Å²) in [7, 11) is -26.5. The zero-order chi connectivity index (χ0) is 66.0. The molecule has 0 atom stereocenters. The van der Waals surface area contributed by atoms with E-state index in [4.69, 9.17) is 69.6 Å². The van der Waals surface area contributed by atoms with E-state index in [1.54, 1.807) is 0 Å². The van der Waals surface area contributed by atoms with Crippen LogP contribution in [0.2, 0.25) is 0 Å². The molecule has 0 amide bonds. The molecule has 477 valence electrons. The maximum Gasteiger partial charge on any atom is 2.00 e. The van der Waals surface area contributed by atoms with Gasteiger partial charge >= 0.3 is 31.6 Å². The molecule has 6 nitrogen and oxygen atoms in total. The summed E-state index contributed by atoms with van der Waals surface area (Å²) in [4.78, 5) is 9.32. The molecule has 0 aliphatic heterocycles. The fourth-order valence-corrected chi connectivity index (χ4v) is 22.4. The number of nitrogens with zero attached hydrogens (tertiary/aromatic N) is 2. The van der Waals surface area contributed by atoms with E-state index < -0.39 is 62.7 Å². The second kappa shape index (κ2) is 37.2. The van der Waals surface area contributed by atoms with E-state index in [9.17, 15) is 34.5 Å². The van der Waals surface area contributed by atoms with E-state index in [-0.39, 0.29) is 27.2 Å². The topological polar surface area (TPSA) is 93.0 Å². The van der Waals surface area contributed by atoms with Gasteiger partial charge in [-0.3, -0.25) is 0 Å². The fourth-order valence-electron chi connectivity index (χ4n) is 7.79. The van der Waals surface area contributed by atoms with Crippen molar-refractivity contribution < 1.29 is 69.9 Å². The minimum Gasteiger partial charge on any atom is -0.418 e. The van der Waals surface area contributed by atoms with Gasteiger partial charge in [0, 0.05) is 42.4 Å². The van der Waals surface area contributed by atoms with Gasteiger partial charge in [-0.1, -0.05) is 312 Å². The molecule has 1 radical (unpaired) electrons. The van der Waals surface area contributed by atoms with Crippen LogP contribution in [-0.4, -0.2) is 45.9 Å². The average Bonchev–Trinajstić information content (AvgIpc) is 0.909. The van der Waals surface area contributed by atoms with Crippen molar-refractivity contribution in [2.24, 2.45) is 9.98 Å². The number of halogens is 14. The van der Waals surface area contributed by atoms with Crippen molar-refractivity contribution in [2.45, 2.75) is 61.2 Å². The molecule has 0 spiro atoms. The molecule has 0 aromatic heterocycles. The van der Waals surface area contributed by atoms with Gasteiger partial charge in [0.25, 0.3) is 0 Å². The van der Waals surface area contributed by atoms with Crippen molar-refractivity contribution in [3.63, 3.8) is 0 Å². The molecule has 0 unspecified atom stereocenters. The Hall–Kier alpha value is -4.59. The summed E-state index contributed by atoms with van der Waals surface area (Å²) in [6.07, 6.45) is 0. The summed E-state index contributed by atoms with van der Waals surface area (Å²) >= 11 is 28.8. The van der Waals surface area contributed by atoms with Gasteiger partial charge in [0.05, 0.1) is 11.1 Å². The van der Waals surface area contributed by atoms with Crippen molar-refractivity contribution in [1.82, 2.24) is 0 Å². The van der Waals surface area contributed by atoms with Crippen molar-refractivity contribution >= 4 is 167 Å². The van der Waals surface area contributed by atoms with Crippen molar-refractivity contribution in [3.8, 4) is 0 Å². The molecule has 0 fully saturated rings. The van der Waals surface area contributed by atoms with E-state index in [0.29, 0.717) is 42.4 Å². The molecule has 8 rings (SSSR count). The third-order valence-corrected chi connectivity index (χ3v) is 25.5. The van der Waals surface area contributed by atoms with E-state index in [1.807, 2.05) is 284 Å². The molecule has 0 N–H and O–H groups in total. The van der Waals surface area contributed by atoms with Crippen LogP contribution in [0.4, 0.5) is 34.5 Å². The summed E-state index contributed by atoms with van der Waals surface area (Å²) in [5, 5.41) is 5.28. The Bertz CT molecular complexity index is 3100. The predicted octanol–water partition coefficient (Wildman–Crippen LogP) is 19.2. The van der Waals surface area contributed by atoms with Crippen molar-refractivity contribution in [2.75, 3.05) is 0 Å². The molecule has 0 aliphatic carbocycles. The van der Waals surface area contributed by atoms with E-state index in [1.165, 1.54) is 0 Å². The maximum atomic E-state index is 15.5. The normalized spacial score (nSPS) is 11.6. The van der Waals surface area contributed by atoms with Crippen molar-refractivity contribution in [1.29, 1.82) is 0 Å². The smallest absolute Gasteiger partial charge is 0.418 e. The Morgan fingerprint density at radius 1 is 0.315 bits per heavy atom. The number of hydrogen-bond acceptors (Lipinski definition) is 6. The third-order valence-electron chi connectivity index (χ3n) is 11.1. The van der Waals surface area contributed by atoms with Gasteiger partial charge in [-0.15, -0.1) is 0 Å². The van der Waals surface area contributed by atoms with Gasteiger partial charge in [-0.2, -0.15) is 0 Å². The quantitative estimate of drug-likeness (QED) is 0.0400. The molecule has 27 heteroatoms. The molecule has 0 bridgehead atoms. The van der Waals surface area contributed by atoms with Gasteiger partial charge < -0.3 is 52.8 Å². The average molecular weight is 1470 g/mol. The van der Waals surface area contributed by atoms with Crippen LogP contribution in [0.15, 0.2) is 263 Å². The number of alkyl halides is 6. The Morgan fingerprint density at radius 2 is 0.416 bits per heavy atom. The molecule has 8 aromatic carbocycles. The minimum absolute atomic E-state index is 0. The number of rotatable bonds is 12. The fraction of sp³-hybridized carbons (Fsp3) is 0.161. The summed E-state index contributed by atoms with van der Waals surface area (Å²) in [6.45, 7) is 11.7. The van der Waals surface area contributed by atoms with E-state index >= 15 is 18.3 Å². The van der Waals surface area contributed by atoms with Crippen LogP contribution in [-0.2, 0) is 35.3 Å². The molecule has 0 heterocycles. The van der Waals surface area contributed by atoms with Crippen LogP contribution in [0, 0.1) is 0 Å². The van der Waals surface area contributed by atoms with Gasteiger partial charge in [0.15, 0.2) is 37.2 Å². The standard InChI is InChI=1S/2C30H29NO2P2.2CHCl3.2BF4.Cu/c2*1-30(2,3)31-24-29(34(32,25-16-8-4-9-17-25)26-18-10-5-11-19-26)35(33,27-20-12-6-13-21-27)28-22-14-7-15-23-28;2*2-1(3)4;2*2-1(3,4)5;/h2*4-23H,1-3H3;2*1H;;;/q;;;;2*-1;+2. The molecule has 89 heavy (non-hydrogen) atoms. The SMILES string of the molecule is CC(C)(C)N=C=C(P(=O)(c1ccccc1)c1ccccc1)P(=O)(c1ccccc1)c1ccccc1.CC(C)(C)N=C=C(P(=O)(c1ccccc1)c1ccccc1)P(=O)(c1ccccc1)c1ccccc1.ClC(Cl)Cl.ClC(Cl)Cl.F[B-](F)(F)F.F[B-](F)(F)F.[Cu+2]. The Balaban J connectivity index is 0.000000472. The first kappa shape index (κ1) is 80.5. The van der Waals surface area contributed by atoms with E-state index in [0.717, 1.165) is 0 Å². The molecule has 0 saturated heterocycles. The summed E-state index contributed by atoms with van der Waals surface area (Å²) < 4.78 is 138. The van der Waals surface area contributed by atoms with Crippen LogP contribution < -0.4 is 42.4 Å². The third kappa shape index (κ3) is 26.9. The van der Waals surface area contributed by atoms with Crippen LogP contribution in [0.5, 0.6) is 0 Å². The first-order valence-electron chi connectivity index (χ1n) is 26.1. The van der Waals surface area contributed by atoms with Gasteiger partial charge in [0.2, 0.25) is 0 Å². The van der Waals surface area contributed by atoms with Gasteiger partial charge in [-0.05, 0) is 53.3 Å². The first-order chi connectivity index (χ1) is 41.0. The number of aliphatic imine (C=N–C) groups is 2. The van der Waals surface area contributed by atoms with Crippen LogP contribution in [0.3, 0.4) is 0 Å². The predicted molar refractivity (Wildman–Crippen MR) is 364 cm³/mol. The Morgan fingerprint density at radius 3 is 0.506 bits per heavy atom. The minimum atomic E-state index is -6.00. The van der Waals surface area contributed by atoms with Crippen LogP contribution in [0.25, 0.3) is 0 Å². The van der Waals surface area contributed by atoms with Gasteiger partial charge in [-0.25, -0.2) is 9.98 Å². The summed E-state index contributed by atoms with van der Waals surface area (Å²) in [6, 6.07) is 74.3. The van der Waals surface area contributed by atoms with E-state index in [2.05, 4.69) is 21.7 Å². The summed E-state index contributed by atoms with van der Waals surface area (Å²) in [5.41, 5.74) is -0.997. The molecular weight excluding hydrogens is 1410 g/mol. The number of hydrogen-bond donors (Lipinski definition) is 0.